The second-order valence-corrected chi connectivity index (χ2v) is 10.2. The van der Waals surface area contributed by atoms with Crippen LogP contribution in [0.15, 0.2) is 48.0 Å². The third-order valence-electron chi connectivity index (χ3n) is 7.35. The first-order valence-electron chi connectivity index (χ1n) is 13.4. The number of hydrogen-bond donors (Lipinski definition) is 1. The molecule has 37 heavy (non-hydrogen) atoms. The molecule has 7 heteroatoms. The van der Waals surface area contributed by atoms with Crippen LogP contribution < -0.4 is 9.47 Å². The molecule has 2 saturated heterocycles. The summed E-state index contributed by atoms with van der Waals surface area (Å²) >= 11 is 0. The summed E-state index contributed by atoms with van der Waals surface area (Å²) in [4.78, 5) is 28.2. The minimum atomic E-state index is -0.707. The van der Waals surface area contributed by atoms with Crippen molar-refractivity contribution in [3.05, 3.63) is 64.7 Å². The molecule has 2 aromatic carbocycles. The summed E-state index contributed by atoms with van der Waals surface area (Å²) in [6, 6.07) is 12.2. The summed E-state index contributed by atoms with van der Waals surface area (Å²) in [5, 5.41) is 11.4. The summed E-state index contributed by atoms with van der Waals surface area (Å²) in [6.45, 7) is 5.74. The number of amides is 1. The van der Waals surface area contributed by atoms with Gasteiger partial charge < -0.3 is 24.2 Å². The molecule has 0 saturated carbocycles. The Hall–Kier alpha value is -3.32. The summed E-state index contributed by atoms with van der Waals surface area (Å²) in [7, 11) is 0. The van der Waals surface area contributed by atoms with Crippen molar-refractivity contribution in [1.82, 2.24) is 4.90 Å². The van der Waals surface area contributed by atoms with E-state index in [9.17, 15) is 14.7 Å². The molecule has 196 valence electrons. The van der Waals surface area contributed by atoms with Crippen molar-refractivity contribution in [3.63, 3.8) is 0 Å². The Morgan fingerprint density at radius 3 is 2.68 bits per heavy atom. The lowest BCUT2D eigenvalue weighted by atomic mass is 9.94. The van der Waals surface area contributed by atoms with Crippen LogP contribution in [-0.2, 0) is 20.7 Å². The van der Waals surface area contributed by atoms with Crippen molar-refractivity contribution in [1.29, 1.82) is 0 Å². The molecule has 2 aromatic rings. The number of carbonyl (C=O) groups excluding carboxylic acids is 2. The molecule has 7 nitrogen and oxygen atoms in total. The van der Waals surface area contributed by atoms with Gasteiger partial charge in [0.25, 0.3) is 11.7 Å². The van der Waals surface area contributed by atoms with Crippen LogP contribution in [0.4, 0.5) is 0 Å². The largest absolute Gasteiger partial charge is 0.507 e. The molecule has 0 radical (unpaired) electrons. The molecule has 3 heterocycles. The maximum atomic E-state index is 13.3. The van der Waals surface area contributed by atoms with Gasteiger partial charge in [-0.1, -0.05) is 31.9 Å². The van der Waals surface area contributed by atoms with Gasteiger partial charge in [0.1, 0.15) is 23.4 Å². The van der Waals surface area contributed by atoms with Crippen LogP contribution in [0.3, 0.4) is 0 Å². The van der Waals surface area contributed by atoms with Crippen molar-refractivity contribution in [2.45, 2.75) is 70.6 Å². The number of rotatable bonds is 9. The van der Waals surface area contributed by atoms with Crippen molar-refractivity contribution in [2.24, 2.45) is 0 Å². The smallest absolute Gasteiger partial charge is 0.295 e. The first-order valence-corrected chi connectivity index (χ1v) is 13.4. The molecule has 3 atom stereocenters. The Labute approximate surface area is 218 Å². The third-order valence-corrected chi connectivity index (χ3v) is 7.35. The number of ketones is 1. The number of carbonyl (C=O) groups is 2. The van der Waals surface area contributed by atoms with Gasteiger partial charge in [0, 0.05) is 25.1 Å². The minimum Gasteiger partial charge on any atom is -0.507 e. The lowest BCUT2D eigenvalue weighted by Crippen LogP contribution is -2.36. The monoisotopic (exact) mass is 505 g/mol. The molecule has 5 rings (SSSR count). The first kappa shape index (κ1) is 25.3. The molecular formula is C30H35NO6. The van der Waals surface area contributed by atoms with Crippen molar-refractivity contribution < 1.29 is 28.9 Å². The average molecular weight is 506 g/mol. The Bertz CT molecular complexity index is 1180. The van der Waals surface area contributed by atoms with E-state index in [1.54, 1.807) is 11.0 Å². The van der Waals surface area contributed by atoms with Crippen molar-refractivity contribution in [2.75, 3.05) is 19.8 Å². The molecule has 0 spiro atoms. The Balaban J connectivity index is 1.49. The Morgan fingerprint density at radius 2 is 1.95 bits per heavy atom. The van der Waals surface area contributed by atoms with Crippen LogP contribution in [0, 0.1) is 0 Å². The standard InChI is InChI=1S/C30H35NO6/c1-3-4-5-14-35-23-11-8-20(9-12-23)27-26(29(33)30(34)31(27)18-24-7-6-15-36-24)28(32)21-10-13-25-22(17-21)16-19(2)37-25/h8-13,17,19,24,27,32H,3-7,14-16,18H2,1-2H3/b28-26-. The predicted molar refractivity (Wildman–Crippen MR) is 140 cm³/mol. The number of likely N-dealkylation sites (tertiary alicyclic amines) is 1. The topological polar surface area (TPSA) is 85.3 Å². The number of nitrogens with zero attached hydrogens (tertiary/aromatic N) is 1. The molecule has 3 aliphatic rings. The second-order valence-electron chi connectivity index (χ2n) is 10.2. The van der Waals surface area contributed by atoms with Crippen molar-refractivity contribution >= 4 is 17.4 Å². The highest BCUT2D eigenvalue weighted by Gasteiger charge is 2.47. The second kappa shape index (κ2) is 11.0. The molecule has 1 N–H and O–H groups in total. The number of Topliss-reactive ketones (excluding diaryl/α,β-unsaturated/α-hetero) is 1. The lowest BCUT2D eigenvalue weighted by molar-refractivity contribution is -0.140. The van der Waals surface area contributed by atoms with E-state index in [1.807, 2.05) is 43.3 Å². The predicted octanol–water partition coefficient (Wildman–Crippen LogP) is 5.18. The molecule has 0 bridgehead atoms. The fourth-order valence-electron chi connectivity index (χ4n) is 5.44. The molecule has 0 aromatic heterocycles. The van der Waals surface area contributed by atoms with Crippen LogP contribution in [0.2, 0.25) is 0 Å². The number of fused-ring (bicyclic) bond motifs is 1. The van der Waals surface area contributed by atoms with Gasteiger partial charge in [0.2, 0.25) is 0 Å². The zero-order valence-electron chi connectivity index (χ0n) is 21.6. The quantitative estimate of drug-likeness (QED) is 0.219. The minimum absolute atomic E-state index is 0.0621. The van der Waals surface area contributed by atoms with Crippen LogP contribution in [0.1, 0.15) is 68.7 Å². The van der Waals surface area contributed by atoms with Gasteiger partial charge in [-0.3, -0.25) is 9.59 Å². The number of unbranched alkanes of at least 4 members (excludes halogenated alkanes) is 2. The zero-order chi connectivity index (χ0) is 25.9. The maximum absolute atomic E-state index is 13.3. The van der Waals surface area contributed by atoms with Gasteiger partial charge >= 0.3 is 0 Å². The average Bonchev–Trinajstić information content (AvgIpc) is 3.61. The molecule has 2 fully saturated rings. The van der Waals surface area contributed by atoms with Gasteiger partial charge in [0.05, 0.1) is 24.3 Å². The normalized spacial score (nSPS) is 24.4. The van der Waals surface area contributed by atoms with E-state index in [0.29, 0.717) is 25.3 Å². The van der Waals surface area contributed by atoms with E-state index in [1.165, 1.54) is 0 Å². The number of benzene rings is 2. The van der Waals surface area contributed by atoms with Crippen LogP contribution in [0.25, 0.3) is 5.76 Å². The van der Waals surface area contributed by atoms with E-state index in [2.05, 4.69) is 6.92 Å². The van der Waals surface area contributed by atoms with Crippen LogP contribution in [0.5, 0.6) is 11.5 Å². The van der Waals surface area contributed by atoms with E-state index >= 15 is 0 Å². The van der Waals surface area contributed by atoms with Crippen LogP contribution in [-0.4, -0.2) is 53.7 Å². The van der Waals surface area contributed by atoms with E-state index < -0.39 is 17.7 Å². The Morgan fingerprint density at radius 1 is 1.14 bits per heavy atom. The summed E-state index contributed by atoms with van der Waals surface area (Å²) in [5.74, 6) is 0.0728. The highest BCUT2D eigenvalue weighted by atomic mass is 16.5. The Kier molecular flexibility index (Phi) is 7.51. The molecule has 0 aliphatic carbocycles. The SMILES string of the molecule is CCCCCOc1ccc(C2/C(=C(/O)c3ccc4c(c3)CC(C)O4)C(=O)C(=O)N2CC2CCCO2)cc1. The van der Waals surface area contributed by atoms with E-state index in [4.69, 9.17) is 14.2 Å². The first-order chi connectivity index (χ1) is 18.0. The van der Waals surface area contributed by atoms with E-state index in [-0.39, 0.29) is 23.5 Å². The number of aliphatic hydroxyl groups is 1. The van der Waals surface area contributed by atoms with Gasteiger partial charge in [-0.15, -0.1) is 0 Å². The van der Waals surface area contributed by atoms with E-state index in [0.717, 1.165) is 61.2 Å². The number of ether oxygens (including phenoxy) is 3. The van der Waals surface area contributed by atoms with Crippen LogP contribution >= 0.6 is 0 Å². The summed E-state index contributed by atoms with van der Waals surface area (Å²) in [5.41, 5.74) is 2.34. The van der Waals surface area contributed by atoms with Gasteiger partial charge in [0.15, 0.2) is 0 Å². The third kappa shape index (κ3) is 5.23. The highest BCUT2D eigenvalue weighted by molar-refractivity contribution is 6.46. The van der Waals surface area contributed by atoms with Gasteiger partial charge in [-0.05, 0) is 67.6 Å². The summed E-state index contributed by atoms with van der Waals surface area (Å²) in [6.07, 6.45) is 5.66. The fourth-order valence-corrected chi connectivity index (χ4v) is 5.44. The molecule has 3 aliphatic heterocycles. The lowest BCUT2D eigenvalue weighted by Gasteiger charge is -2.27. The fraction of sp³-hybridized carbons (Fsp3) is 0.467. The maximum Gasteiger partial charge on any atom is 0.295 e. The molecule has 3 unspecified atom stereocenters. The molecule has 1 amide bonds. The molecular weight excluding hydrogens is 470 g/mol. The van der Waals surface area contributed by atoms with Gasteiger partial charge in [-0.2, -0.15) is 0 Å². The van der Waals surface area contributed by atoms with Gasteiger partial charge in [-0.25, -0.2) is 0 Å². The van der Waals surface area contributed by atoms with Crippen molar-refractivity contribution in [3.8, 4) is 11.5 Å². The highest BCUT2D eigenvalue weighted by Crippen LogP contribution is 2.41. The summed E-state index contributed by atoms with van der Waals surface area (Å²) < 4.78 is 17.4. The number of hydrogen-bond acceptors (Lipinski definition) is 6. The number of aliphatic hydroxyl groups excluding tert-OH is 1. The zero-order valence-corrected chi connectivity index (χ0v) is 21.6.